The molecule has 0 aromatic carbocycles. The molecule has 0 radical (unpaired) electrons. The lowest BCUT2D eigenvalue weighted by molar-refractivity contribution is 0.409. The molecular formula is C11H14N2O. The van der Waals surface area contributed by atoms with Crippen molar-refractivity contribution in [3.8, 4) is 0 Å². The summed E-state index contributed by atoms with van der Waals surface area (Å²) in [6.45, 7) is 2.32. The second-order valence-electron chi connectivity index (χ2n) is 4.38. The van der Waals surface area contributed by atoms with E-state index in [0.717, 1.165) is 17.0 Å². The van der Waals surface area contributed by atoms with Crippen molar-refractivity contribution in [1.29, 1.82) is 0 Å². The Hall–Kier alpha value is -1.25. The summed E-state index contributed by atoms with van der Waals surface area (Å²) < 4.78 is 7.49. The molecule has 0 spiro atoms. The van der Waals surface area contributed by atoms with Crippen LogP contribution in [0.5, 0.6) is 0 Å². The first kappa shape index (κ1) is 8.09. The molecule has 74 valence electrons. The molecular weight excluding hydrogens is 176 g/mol. The SMILES string of the molecule is CC1CCC(n2ccc3cnoc32)C1. The Balaban J connectivity index is 2.01. The second-order valence-corrected chi connectivity index (χ2v) is 4.38. The fourth-order valence-electron chi connectivity index (χ4n) is 2.50. The van der Waals surface area contributed by atoms with Gasteiger partial charge in [0.2, 0.25) is 5.71 Å². The maximum absolute atomic E-state index is 5.25. The van der Waals surface area contributed by atoms with E-state index in [1.165, 1.54) is 19.3 Å². The molecule has 0 bridgehead atoms. The molecule has 1 saturated carbocycles. The topological polar surface area (TPSA) is 31.0 Å². The van der Waals surface area contributed by atoms with E-state index in [9.17, 15) is 0 Å². The van der Waals surface area contributed by atoms with Gasteiger partial charge in [-0.2, -0.15) is 0 Å². The summed E-state index contributed by atoms with van der Waals surface area (Å²) in [5, 5.41) is 4.93. The van der Waals surface area contributed by atoms with Gasteiger partial charge in [-0.25, -0.2) is 0 Å². The first-order valence-electron chi connectivity index (χ1n) is 5.26. The molecule has 3 heteroatoms. The number of nitrogens with zero attached hydrogens (tertiary/aromatic N) is 2. The summed E-state index contributed by atoms with van der Waals surface area (Å²) >= 11 is 0. The fourth-order valence-corrected chi connectivity index (χ4v) is 2.50. The molecule has 2 unspecified atom stereocenters. The minimum atomic E-state index is 0.621. The van der Waals surface area contributed by atoms with Gasteiger partial charge >= 0.3 is 0 Å². The summed E-state index contributed by atoms with van der Waals surface area (Å²) in [7, 11) is 0. The number of hydrogen-bond donors (Lipinski definition) is 0. The standard InChI is InChI=1S/C11H14N2O/c1-8-2-3-10(6-8)13-5-4-9-7-12-14-11(9)13/h4-5,7-8,10H,2-3,6H2,1H3. The predicted octanol–water partition coefficient (Wildman–Crippen LogP) is 2.99. The normalized spacial score (nSPS) is 27.5. The van der Waals surface area contributed by atoms with Crippen molar-refractivity contribution < 1.29 is 4.52 Å². The quantitative estimate of drug-likeness (QED) is 0.692. The van der Waals surface area contributed by atoms with E-state index in [4.69, 9.17) is 4.52 Å². The van der Waals surface area contributed by atoms with Gasteiger partial charge in [0.15, 0.2) is 0 Å². The minimum absolute atomic E-state index is 0.621. The monoisotopic (exact) mass is 190 g/mol. The number of fused-ring (bicyclic) bond motifs is 1. The van der Waals surface area contributed by atoms with Gasteiger partial charge in [-0.1, -0.05) is 12.1 Å². The van der Waals surface area contributed by atoms with Crippen LogP contribution in [-0.4, -0.2) is 9.72 Å². The van der Waals surface area contributed by atoms with E-state index >= 15 is 0 Å². The van der Waals surface area contributed by atoms with E-state index in [-0.39, 0.29) is 0 Å². The highest BCUT2D eigenvalue weighted by molar-refractivity contribution is 5.73. The lowest BCUT2D eigenvalue weighted by atomic mass is 10.1. The van der Waals surface area contributed by atoms with Crippen LogP contribution < -0.4 is 0 Å². The van der Waals surface area contributed by atoms with Gasteiger partial charge in [-0.05, 0) is 31.2 Å². The van der Waals surface area contributed by atoms with Gasteiger partial charge in [-0.15, -0.1) is 0 Å². The number of rotatable bonds is 1. The van der Waals surface area contributed by atoms with Crippen LogP contribution in [0.2, 0.25) is 0 Å². The van der Waals surface area contributed by atoms with Gasteiger partial charge in [0.25, 0.3) is 0 Å². The summed E-state index contributed by atoms with van der Waals surface area (Å²) in [4.78, 5) is 0. The zero-order valence-corrected chi connectivity index (χ0v) is 8.31. The van der Waals surface area contributed by atoms with Crippen LogP contribution in [0.15, 0.2) is 23.0 Å². The van der Waals surface area contributed by atoms with E-state index in [2.05, 4.69) is 28.9 Å². The molecule has 1 fully saturated rings. The molecule has 14 heavy (non-hydrogen) atoms. The average molecular weight is 190 g/mol. The van der Waals surface area contributed by atoms with Crippen molar-refractivity contribution in [3.05, 3.63) is 18.5 Å². The summed E-state index contributed by atoms with van der Waals surface area (Å²) in [5.74, 6) is 0.848. The Kier molecular flexibility index (Phi) is 1.66. The Labute approximate surface area is 82.7 Å². The van der Waals surface area contributed by atoms with E-state index in [0.29, 0.717) is 6.04 Å². The molecule has 2 aromatic heterocycles. The van der Waals surface area contributed by atoms with Crippen molar-refractivity contribution in [2.75, 3.05) is 0 Å². The van der Waals surface area contributed by atoms with Crippen LogP contribution in [0.25, 0.3) is 11.1 Å². The van der Waals surface area contributed by atoms with E-state index in [1.54, 1.807) is 6.20 Å². The summed E-state index contributed by atoms with van der Waals surface area (Å²) in [5.41, 5.74) is 0.934. The highest BCUT2D eigenvalue weighted by Gasteiger charge is 2.24. The first-order valence-corrected chi connectivity index (χ1v) is 5.26. The second kappa shape index (κ2) is 2.87. The van der Waals surface area contributed by atoms with E-state index < -0.39 is 0 Å². The van der Waals surface area contributed by atoms with Gasteiger partial charge in [0.1, 0.15) is 0 Å². The smallest absolute Gasteiger partial charge is 0.238 e. The maximum atomic E-state index is 5.25. The van der Waals surface area contributed by atoms with Crippen molar-refractivity contribution in [2.24, 2.45) is 5.92 Å². The van der Waals surface area contributed by atoms with Gasteiger partial charge in [0.05, 0.1) is 11.6 Å². The zero-order chi connectivity index (χ0) is 9.54. The number of aromatic nitrogens is 2. The predicted molar refractivity (Wildman–Crippen MR) is 54.1 cm³/mol. The van der Waals surface area contributed by atoms with Crippen molar-refractivity contribution >= 4 is 11.1 Å². The largest absolute Gasteiger partial charge is 0.338 e. The molecule has 2 heterocycles. The molecule has 0 N–H and O–H groups in total. The Morgan fingerprint density at radius 1 is 1.50 bits per heavy atom. The van der Waals surface area contributed by atoms with Crippen LogP contribution >= 0.6 is 0 Å². The van der Waals surface area contributed by atoms with Gasteiger partial charge in [-0.3, -0.25) is 0 Å². The molecule has 1 aliphatic rings. The van der Waals surface area contributed by atoms with Gasteiger partial charge < -0.3 is 9.09 Å². The van der Waals surface area contributed by atoms with E-state index in [1.807, 2.05) is 0 Å². The first-order chi connectivity index (χ1) is 6.84. The zero-order valence-electron chi connectivity index (χ0n) is 8.31. The highest BCUT2D eigenvalue weighted by Crippen LogP contribution is 2.36. The highest BCUT2D eigenvalue weighted by atomic mass is 16.5. The summed E-state index contributed by atoms with van der Waals surface area (Å²) in [6, 6.07) is 2.70. The van der Waals surface area contributed by atoms with Crippen LogP contribution in [0, 0.1) is 5.92 Å². The van der Waals surface area contributed by atoms with Crippen LogP contribution in [0.3, 0.4) is 0 Å². The van der Waals surface area contributed by atoms with Crippen molar-refractivity contribution in [1.82, 2.24) is 9.72 Å². The van der Waals surface area contributed by atoms with Crippen molar-refractivity contribution in [3.63, 3.8) is 0 Å². The molecule has 2 atom stereocenters. The Morgan fingerprint density at radius 2 is 2.43 bits per heavy atom. The third-order valence-electron chi connectivity index (χ3n) is 3.29. The van der Waals surface area contributed by atoms with Gasteiger partial charge in [0, 0.05) is 12.2 Å². The molecule has 0 aliphatic heterocycles. The maximum Gasteiger partial charge on any atom is 0.238 e. The van der Waals surface area contributed by atoms with Crippen LogP contribution in [-0.2, 0) is 0 Å². The molecule has 0 amide bonds. The molecule has 2 aromatic rings. The number of hydrogen-bond acceptors (Lipinski definition) is 2. The van der Waals surface area contributed by atoms with Crippen LogP contribution in [0.1, 0.15) is 32.2 Å². The van der Waals surface area contributed by atoms with Crippen LogP contribution in [0.4, 0.5) is 0 Å². The third-order valence-corrected chi connectivity index (χ3v) is 3.29. The summed E-state index contributed by atoms with van der Waals surface area (Å²) in [6.07, 6.45) is 7.78. The molecule has 3 rings (SSSR count). The van der Waals surface area contributed by atoms with Crippen molar-refractivity contribution in [2.45, 2.75) is 32.2 Å². The average Bonchev–Trinajstić information content (AvgIpc) is 2.77. The Bertz CT molecular complexity index is 443. The fraction of sp³-hybridized carbons (Fsp3) is 0.545. The lowest BCUT2D eigenvalue weighted by Gasteiger charge is -2.11. The lowest BCUT2D eigenvalue weighted by Crippen LogP contribution is -2.02. The molecule has 1 aliphatic carbocycles. The third kappa shape index (κ3) is 1.08. The molecule has 3 nitrogen and oxygen atoms in total. The Morgan fingerprint density at radius 3 is 3.21 bits per heavy atom. The molecule has 0 saturated heterocycles. The minimum Gasteiger partial charge on any atom is -0.338 e.